The van der Waals surface area contributed by atoms with Crippen molar-refractivity contribution in [3.8, 4) is 0 Å². The summed E-state index contributed by atoms with van der Waals surface area (Å²) < 4.78 is 0. The number of nitrogens with zero attached hydrogens (tertiary/aromatic N) is 1. The molecule has 1 atom stereocenters. The lowest BCUT2D eigenvalue weighted by Crippen LogP contribution is -2.40. The predicted octanol–water partition coefficient (Wildman–Crippen LogP) is 4.48. The number of amides is 2. The van der Waals surface area contributed by atoms with E-state index >= 15 is 0 Å². The quantitative estimate of drug-likeness (QED) is 0.722. The van der Waals surface area contributed by atoms with Crippen molar-refractivity contribution in [3.05, 3.63) is 64.2 Å². The largest absolute Gasteiger partial charge is 0.334 e. The van der Waals surface area contributed by atoms with E-state index in [1.54, 1.807) is 29.2 Å². The van der Waals surface area contributed by atoms with Crippen molar-refractivity contribution in [3.63, 3.8) is 0 Å². The van der Waals surface area contributed by atoms with Crippen LogP contribution in [-0.2, 0) is 21.4 Å². The molecule has 1 fully saturated rings. The summed E-state index contributed by atoms with van der Waals surface area (Å²) in [6.45, 7) is 3.40. The Labute approximate surface area is 170 Å². The molecule has 0 saturated carbocycles. The van der Waals surface area contributed by atoms with Gasteiger partial charge in [-0.05, 0) is 79.8 Å². The number of halogens is 1. The Balaban J connectivity index is 1.44. The number of aryl methyl sites for hydroxylation is 2. The zero-order chi connectivity index (χ0) is 19.7. The number of benzene rings is 2. The molecule has 4 nitrogen and oxygen atoms in total. The van der Waals surface area contributed by atoms with E-state index in [1.165, 1.54) is 16.7 Å². The van der Waals surface area contributed by atoms with Crippen molar-refractivity contribution in [2.24, 2.45) is 0 Å². The highest BCUT2D eigenvalue weighted by molar-refractivity contribution is 6.39. The normalized spacial score (nSPS) is 21.3. The van der Waals surface area contributed by atoms with Gasteiger partial charge < -0.3 is 10.2 Å². The molecule has 146 valence electrons. The van der Waals surface area contributed by atoms with Gasteiger partial charge in [0.15, 0.2) is 0 Å². The number of anilines is 1. The fourth-order valence-electron chi connectivity index (χ4n) is 4.73. The van der Waals surface area contributed by atoms with Crippen LogP contribution >= 0.6 is 11.6 Å². The van der Waals surface area contributed by atoms with Crippen molar-refractivity contribution in [2.75, 3.05) is 18.4 Å². The molecule has 2 amide bonds. The van der Waals surface area contributed by atoms with Crippen molar-refractivity contribution in [2.45, 2.75) is 44.4 Å². The summed E-state index contributed by atoms with van der Waals surface area (Å²) in [5.41, 5.74) is 4.96. The topological polar surface area (TPSA) is 49.4 Å². The minimum atomic E-state index is -0.583. The Bertz CT molecular complexity index is 909. The smallest absolute Gasteiger partial charge is 0.313 e. The Morgan fingerprint density at radius 2 is 1.82 bits per heavy atom. The molecule has 2 aliphatic rings. The lowest BCUT2D eigenvalue weighted by Gasteiger charge is -2.29. The lowest BCUT2D eigenvalue weighted by molar-refractivity contribution is -0.143. The fraction of sp³-hybridized carbons (Fsp3) is 0.391. The molecule has 1 N–H and O–H groups in total. The molecule has 2 aromatic carbocycles. The summed E-state index contributed by atoms with van der Waals surface area (Å²) in [6.07, 6.45) is 5.18. The first-order valence-electron chi connectivity index (χ1n) is 9.93. The third-order valence-electron chi connectivity index (χ3n) is 6.23. The summed E-state index contributed by atoms with van der Waals surface area (Å²) >= 11 is 5.87. The maximum Gasteiger partial charge on any atom is 0.313 e. The minimum absolute atomic E-state index is 0.157. The molecule has 1 unspecified atom stereocenters. The molecule has 1 spiro atoms. The van der Waals surface area contributed by atoms with Crippen molar-refractivity contribution < 1.29 is 9.59 Å². The highest BCUT2D eigenvalue weighted by Crippen LogP contribution is 2.46. The van der Waals surface area contributed by atoms with Crippen LogP contribution in [0.3, 0.4) is 0 Å². The molecular formula is C23H25ClN2O2. The molecule has 1 saturated heterocycles. The molecule has 0 bridgehead atoms. The third-order valence-corrected chi connectivity index (χ3v) is 6.48. The summed E-state index contributed by atoms with van der Waals surface area (Å²) in [4.78, 5) is 26.8. The first kappa shape index (κ1) is 19.0. The first-order chi connectivity index (χ1) is 13.5. The van der Waals surface area contributed by atoms with Crippen molar-refractivity contribution in [1.82, 2.24) is 4.90 Å². The molecule has 28 heavy (non-hydrogen) atoms. The molecule has 4 rings (SSSR count). The molecule has 0 aromatic heterocycles. The van der Waals surface area contributed by atoms with E-state index in [1.807, 2.05) is 0 Å². The predicted molar refractivity (Wildman–Crippen MR) is 112 cm³/mol. The molecule has 1 heterocycles. The van der Waals surface area contributed by atoms with Crippen molar-refractivity contribution in [1.29, 1.82) is 0 Å². The molecule has 2 aromatic rings. The van der Waals surface area contributed by atoms with E-state index < -0.39 is 11.8 Å². The van der Waals surface area contributed by atoms with Crippen molar-refractivity contribution >= 4 is 29.1 Å². The number of likely N-dealkylation sites (tertiary alicyclic amines) is 1. The van der Waals surface area contributed by atoms with Gasteiger partial charge in [-0.15, -0.1) is 0 Å². The zero-order valence-corrected chi connectivity index (χ0v) is 16.9. The number of rotatable bonds is 1. The Hall–Kier alpha value is -2.33. The second-order valence-electron chi connectivity index (χ2n) is 8.05. The van der Waals surface area contributed by atoms with Crippen LogP contribution in [0.15, 0.2) is 42.5 Å². The van der Waals surface area contributed by atoms with E-state index in [0.717, 1.165) is 32.1 Å². The monoisotopic (exact) mass is 396 g/mol. The van der Waals surface area contributed by atoms with Crippen LogP contribution in [0.4, 0.5) is 5.69 Å². The second kappa shape index (κ2) is 7.59. The van der Waals surface area contributed by atoms with Crippen LogP contribution in [0.5, 0.6) is 0 Å². The second-order valence-corrected chi connectivity index (χ2v) is 8.48. The minimum Gasteiger partial charge on any atom is -0.334 e. The summed E-state index contributed by atoms with van der Waals surface area (Å²) in [6, 6.07) is 13.6. The van der Waals surface area contributed by atoms with Gasteiger partial charge in [-0.2, -0.15) is 0 Å². The fourth-order valence-corrected chi connectivity index (χ4v) is 4.86. The first-order valence-corrected chi connectivity index (χ1v) is 10.3. The third kappa shape index (κ3) is 3.66. The lowest BCUT2D eigenvalue weighted by atomic mass is 9.75. The van der Waals surface area contributed by atoms with Gasteiger partial charge in [0.25, 0.3) is 0 Å². The molecule has 1 aliphatic carbocycles. The van der Waals surface area contributed by atoms with E-state index in [0.29, 0.717) is 23.8 Å². The van der Waals surface area contributed by atoms with Crippen LogP contribution in [-0.4, -0.2) is 29.8 Å². The van der Waals surface area contributed by atoms with Gasteiger partial charge in [-0.1, -0.05) is 35.4 Å². The van der Waals surface area contributed by atoms with Gasteiger partial charge in [0.05, 0.1) is 0 Å². The van der Waals surface area contributed by atoms with Crippen LogP contribution in [0.2, 0.25) is 5.02 Å². The summed E-state index contributed by atoms with van der Waals surface area (Å²) in [7, 11) is 0. The van der Waals surface area contributed by atoms with Gasteiger partial charge in [-0.25, -0.2) is 0 Å². The molecule has 0 radical (unpaired) electrons. The summed E-state index contributed by atoms with van der Waals surface area (Å²) in [5, 5.41) is 3.27. The molecular weight excluding hydrogens is 372 g/mol. The van der Waals surface area contributed by atoms with Gasteiger partial charge in [0.1, 0.15) is 0 Å². The van der Waals surface area contributed by atoms with Crippen LogP contribution < -0.4 is 5.32 Å². The van der Waals surface area contributed by atoms with Gasteiger partial charge >= 0.3 is 11.8 Å². The average Bonchev–Trinajstić information content (AvgIpc) is 2.88. The Morgan fingerprint density at radius 3 is 2.61 bits per heavy atom. The highest BCUT2D eigenvalue weighted by atomic mass is 35.5. The zero-order valence-electron chi connectivity index (χ0n) is 16.1. The van der Waals surface area contributed by atoms with E-state index in [4.69, 9.17) is 11.6 Å². The molecule has 1 aliphatic heterocycles. The van der Waals surface area contributed by atoms with Gasteiger partial charge in [-0.3, -0.25) is 9.59 Å². The maximum absolute atomic E-state index is 12.7. The average molecular weight is 397 g/mol. The number of nitrogens with one attached hydrogen (secondary N) is 1. The Kier molecular flexibility index (Phi) is 5.15. The highest BCUT2D eigenvalue weighted by Gasteiger charge is 2.40. The van der Waals surface area contributed by atoms with E-state index in [-0.39, 0.29) is 5.41 Å². The number of hydrogen-bond acceptors (Lipinski definition) is 2. The number of carbonyl (C=O) groups excluding carboxylic acids is 2. The van der Waals surface area contributed by atoms with Gasteiger partial charge in [0.2, 0.25) is 0 Å². The number of fused-ring (bicyclic) bond motifs is 2. The standard InChI is InChI=1S/C23H25ClN2O2/c1-16-3-8-20-17(15-16)9-11-23(20)10-2-13-26(14-12-23)22(28)21(27)25-19-6-4-18(24)5-7-19/h3-8,15H,2,9-14H2,1H3,(H,25,27). The van der Waals surface area contributed by atoms with Crippen LogP contribution in [0.1, 0.15) is 42.4 Å². The van der Waals surface area contributed by atoms with E-state index in [9.17, 15) is 9.59 Å². The molecule has 5 heteroatoms. The summed E-state index contributed by atoms with van der Waals surface area (Å²) in [5.74, 6) is -1.03. The van der Waals surface area contributed by atoms with Crippen LogP contribution in [0.25, 0.3) is 0 Å². The van der Waals surface area contributed by atoms with E-state index in [2.05, 4.69) is 30.4 Å². The Morgan fingerprint density at radius 1 is 1.04 bits per heavy atom. The van der Waals surface area contributed by atoms with Crippen LogP contribution in [0, 0.1) is 6.92 Å². The number of hydrogen-bond donors (Lipinski definition) is 1. The SMILES string of the molecule is Cc1ccc2c(c1)CCC21CCCN(C(=O)C(=O)Nc2ccc(Cl)cc2)CC1. The maximum atomic E-state index is 12.7. The van der Waals surface area contributed by atoms with Gasteiger partial charge in [0, 0.05) is 23.8 Å². The number of carbonyl (C=O) groups is 2.